The molecule has 2 aromatic carbocycles. The molecule has 2 rings (SSSR count). The number of benzene rings is 2. The van der Waals surface area contributed by atoms with Crippen LogP contribution in [-0.2, 0) is 11.3 Å². The average Bonchev–Trinajstić information content (AvgIpc) is 2.47. The first-order chi connectivity index (χ1) is 10.1. The molecule has 0 heterocycles. The van der Waals surface area contributed by atoms with E-state index in [2.05, 4.69) is 10.6 Å². The minimum absolute atomic E-state index is 0.157. The second kappa shape index (κ2) is 6.67. The van der Waals surface area contributed by atoms with E-state index in [1.165, 1.54) is 6.92 Å². The van der Waals surface area contributed by atoms with Crippen LogP contribution >= 0.6 is 0 Å². The summed E-state index contributed by atoms with van der Waals surface area (Å²) in [5.41, 5.74) is 8.30. The zero-order valence-electron chi connectivity index (χ0n) is 11.7. The molecule has 5 nitrogen and oxygen atoms in total. The highest BCUT2D eigenvalue weighted by atomic mass is 16.2. The molecule has 21 heavy (non-hydrogen) atoms. The van der Waals surface area contributed by atoms with Gasteiger partial charge in [0.15, 0.2) is 0 Å². The highest BCUT2D eigenvalue weighted by Gasteiger charge is 2.06. The van der Waals surface area contributed by atoms with Gasteiger partial charge < -0.3 is 16.4 Å². The van der Waals surface area contributed by atoms with E-state index in [0.717, 1.165) is 5.56 Å². The van der Waals surface area contributed by atoms with Crippen molar-refractivity contribution >= 4 is 23.2 Å². The van der Waals surface area contributed by atoms with E-state index in [4.69, 9.17) is 5.73 Å². The molecule has 108 valence electrons. The van der Waals surface area contributed by atoms with Crippen molar-refractivity contribution in [3.05, 3.63) is 59.7 Å². The lowest BCUT2D eigenvalue weighted by Gasteiger charge is -2.08. The number of carbonyl (C=O) groups excluding carboxylic acids is 2. The molecule has 0 unspecified atom stereocenters. The van der Waals surface area contributed by atoms with Crippen molar-refractivity contribution in [1.82, 2.24) is 0 Å². The van der Waals surface area contributed by atoms with Crippen molar-refractivity contribution in [3.8, 4) is 0 Å². The predicted molar refractivity (Wildman–Crippen MR) is 83.0 cm³/mol. The second-order valence-corrected chi connectivity index (χ2v) is 4.62. The van der Waals surface area contributed by atoms with E-state index in [9.17, 15) is 9.59 Å². The summed E-state index contributed by atoms with van der Waals surface area (Å²) in [4.78, 5) is 23.1. The summed E-state index contributed by atoms with van der Waals surface area (Å²) in [6.07, 6.45) is 0. The van der Waals surface area contributed by atoms with E-state index in [-0.39, 0.29) is 11.8 Å². The normalized spacial score (nSPS) is 10.0. The highest BCUT2D eigenvalue weighted by Crippen LogP contribution is 2.16. The fraction of sp³-hybridized carbons (Fsp3) is 0.125. The van der Waals surface area contributed by atoms with Gasteiger partial charge in [0, 0.05) is 30.4 Å². The van der Waals surface area contributed by atoms with Crippen molar-refractivity contribution in [1.29, 1.82) is 0 Å². The molecule has 0 aliphatic carbocycles. The van der Waals surface area contributed by atoms with Gasteiger partial charge in [-0.15, -0.1) is 0 Å². The molecule has 0 fully saturated rings. The Kier molecular flexibility index (Phi) is 4.68. The summed E-state index contributed by atoms with van der Waals surface area (Å²) in [5, 5.41) is 5.46. The minimum atomic E-state index is -0.210. The largest absolute Gasteiger partial charge is 0.326 e. The van der Waals surface area contributed by atoms with Gasteiger partial charge in [0.2, 0.25) is 5.91 Å². The topological polar surface area (TPSA) is 84.2 Å². The molecular weight excluding hydrogens is 266 g/mol. The van der Waals surface area contributed by atoms with E-state index < -0.39 is 0 Å². The first kappa shape index (κ1) is 14.7. The van der Waals surface area contributed by atoms with Crippen molar-refractivity contribution in [2.75, 3.05) is 10.6 Å². The third-order valence-electron chi connectivity index (χ3n) is 2.89. The monoisotopic (exact) mass is 283 g/mol. The molecule has 5 heteroatoms. The molecule has 0 aliphatic heterocycles. The quantitative estimate of drug-likeness (QED) is 0.805. The maximum atomic E-state index is 12.1. The van der Waals surface area contributed by atoms with E-state index >= 15 is 0 Å². The maximum absolute atomic E-state index is 12.1. The Labute approximate surface area is 123 Å². The van der Waals surface area contributed by atoms with Gasteiger partial charge >= 0.3 is 0 Å². The van der Waals surface area contributed by atoms with E-state index in [1.54, 1.807) is 36.4 Å². The van der Waals surface area contributed by atoms with Crippen LogP contribution in [0, 0.1) is 0 Å². The first-order valence-electron chi connectivity index (χ1n) is 6.56. The van der Waals surface area contributed by atoms with Crippen LogP contribution in [0.2, 0.25) is 0 Å². The number of anilines is 2. The molecule has 2 aromatic rings. The molecule has 2 amide bonds. The number of rotatable bonds is 4. The summed E-state index contributed by atoms with van der Waals surface area (Å²) >= 11 is 0. The second-order valence-electron chi connectivity index (χ2n) is 4.62. The van der Waals surface area contributed by atoms with Crippen LogP contribution in [0.3, 0.4) is 0 Å². The van der Waals surface area contributed by atoms with Gasteiger partial charge in [-0.3, -0.25) is 9.59 Å². The molecule has 0 bridgehead atoms. The molecule has 0 saturated carbocycles. The van der Waals surface area contributed by atoms with E-state index in [0.29, 0.717) is 23.5 Å². The predicted octanol–water partition coefficient (Wildman–Crippen LogP) is 2.36. The molecular formula is C16H17N3O2. The Morgan fingerprint density at radius 1 is 1.00 bits per heavy atom. The first-order valence-corrected chi connectivity index (χ1v) is 6.56. The van der Waals surface area contributed by atoms with Crippen LogP contribution in [0.15, 0.2) is 48.5 Å². The summed E-state index contributed by atoms with van der Waals surface area (Å²) in [7, 11) is 0. The number of nitrogens with two attached hydrogens (primary N) is 1. The van der Waals surface area contributed by atoms with Gasteiger partial charge in [0.25, 0.3) is 5.91 Å². The maximum Gasteiger partial charge on any atom is 0.255 e. The fourth-order valence-electron chi connectivity index (χ4n) is 1.87. The van der Waals surface area contributed by atoms with Gasteiger partial charge in [-0.2, -0.15) is 0 Å². The van der Waals surface area contributed by atoms with Crippen molar-refractivity contribution < 1.29 is 9.59 Å². The van der Waals surface area contributed by atoms with Crippen LogP contribution in [0.25, 0.3) is 0 Å². The minimum Gasteiger partial charge on any atom is -0.326 e. The highest BCUT2D eigenvalue weighted by molar-refractivity contribution is 6.04. The third kappa shape index (κ3) is 4.15. The summed E-state index contributed by atoms with van der Waals surface area (Å²) < 4.78 is 0. The summed E-state index contributed by atoms with van der Waals surface area (Å²) in [6.45, 7) is 1.88. The Balaban J connectivity index is 2.09. The SMILES string of the molecule is CC(=O)Nc1cccc(NC(=O)c2ccc(CN)cc2)c1. The summed E-state index contributed by atoms with van der Waals surface area (Å²) in [6, 6.07) is 14.1. The van der Waals surface area contributed by atoms with Gasteiger partial charge in [0.1, 0.15) is 0 Å². The van der Waals surface area contributed by atoms with Crippen molar-refractivity contribution in [2.24, 2.45) is 5.73 Å². The van der Waals surface area contributed by atoms with Gasteiger partial charge in [-0.25, -0.2) is 0 Å². The number of carbonyl (C=O) groups is 2. The Bertz CT molecular complexity index is 651. The van der Waals surface area contributed by atoms with Gasteiger partial charge in [0.05, 0.1) is 0 Å². The average molecular weight is 283 g/mol. The zero-order valence-corrected chi connectivity index (χ0v) is 11.7. The van der Waals surface area contributed by atoms with Crippen LogP contribution < -0.4 is 16.4 Å². The molecule has 0 aliphatic rings. The number of hydrogen-bond donors (Lipinski definition) is 3. The Morgan fingerprint density at radius 3 is 2.19 bits per heavy atom. The van der Waals surface area contributed by atoms with Gasteiger partial charge in [-0.05, 0) is 35.9 Å². The van der Waals surface area contributed by atoms with Gasteiger partial charge in [-0.1, -0.05) is 18.2 Å². The Morgan fingerprint density at radius 2 is 1.62 bits per heavy atom. The number of hydrogen-bond acceptors (Lipinski definition) is 3. The lowest BCUT2D eigenvalue weighted by atomic mass is 10.1. The van der Waals surface area contributed by atoms with Crippen LogP contribution in [0.4, 0.5) is 11.4 Å². The lowest BCUT2D eigenvalue weighted by Crippen LogP contribution is -2.12. The standard InChI is InChI=1S/C16H17N3O2/c1-11(20)18-14-3-2-4-15(9-14)19-16(21)13-7-5-12(10-17)6-8-13/h2-9H,10,17H2,1H3,(H,18,20)(H,19,21). The third-order valence-corrected chi connectivity index (χ3v) is 2.89. The van der Waals surface area contributed by atoms with Crippen LogP contribution in [0.5, 0.6) is 0 Å². The molecule has 0 spiro atoms. The molecule has 0 atom stereocenters. The number of amides is 2. The number of nitrogens with one attached hydrogen (secondary N) is 2. The van der Waals surface area contributed by atoms with Crippen molar-refractivity contribution in [3.63, 3.8) is 0 Å². The smallest absolute Gasteiger partial charge is 0.255 e. The molecule has 0 radical (unpaired) electrons. The molecule has 0 aromatic heterocycles. The molecule has 4 N–H and O–H groups in total. The lowest BCUT2D eigenvalue weighted by molar-refractivity contribution is -0.114. The van der Waals surface area contributed by atoms with Crippen molar-refractivity contribution in [2.45, 2.75) is 13.5 Å². The zero-order chi connectivity index (χ0) is 15.2. The fourth-order valence-corrected chi connectivity index (χ4v) is 1.87. The summed E-state index contributed by atoms with van der Waals surface area (Å²) in [5.74, 6) is -0.366. The molecule has 0 saturated heterocycles. The van der Waals surface area contributed by atoms with E-state index in [1.807, 2.05) is 12.1 Å². The van der Waals surface area contributed by atoms with Crippen LogP contribution in [-0.4, -0.2) is 11.8 Å². The van der Waals surface area contributed by atoms with Crippen LogP contribution in [0.1, 0.15) is 22.8 Å². The Hall–Kier alpha value is -2.66.